The SMILES string of the molecule is CC(C)Oc1cc(NCC2CCCCC2O)c(N)cc1F. The molecule has 2 rings (SSSR count). The highest BCUT2D eigenvalue weighted by atomic mass is 19.1. The molecule has 1 aliphatic rings. The predicted molar refractivity (Wildman–Crippen MR) is 83.0 cm³/mol. The van der Waals surface area contributed by atoms with Gasteiger partial charge in [-0.3, -0.25) is 0 Å². The van der Waals surface area contributed by atoms with Crippen molar-refractivity contribution in [1.82, 2.24) is 0 Å². The number of nitrogen functional groups attached to an aromatic ring is 1. The number of ether oxygens (including phenoxy) is 1. The number of nitrogens with one attached hydrogen (secondary N) is 1. The monoisotopic (exact) mass is 296 g/mol. The van der Waals surface area contributed by atoms with E-state index in [1.165, 1.54) is 6.07 Å². The van der Waals surface area contributed by atoms with Crippen molar-refractivity contribution in [2.75, 3.05) is 17.6 Å². The zero-order valence-corrected chi connectivity index (χ0v) is 12.7. The molecule has 2 atom stereocenters. The largest absolute Gasteiger partial charge is 0.488 e. The second-order valence-corrected chi connectivity index (χ2v) is 6.03. The highest BCUT2D eigenvalue weighted by molar-refractivity contribution is 5.68. The molecule has 0 bridgehead atoms. The van der Waals surface area contributed by atoms with Crippen LogP contribution in [0.4, 0.5) is 15.8 Å². The molecule has 1 aromatic carbocycles. The first-order valence-corrected chi connectivity index (χ1v) is 7.65. The van der Waals surface area contributed by atoms with E-state index in [2.05, 4.69) is 5.32 Å². The van der Waals surface area contributed by atoms with Gasteiger partial charge in [0.25, 0.3) is 0 Å². The van der Waals surface area contributed by atoms with Crippen molar-refractivity contribution < 1.29 is 14.2 Å². The summed E-state index contributed by atoms with van der Waals surface area (Å²) in [4.78, 5) is 0. The van der Waals surface area contributed by atoms with Crippen molar-refractivity contribution in [2.24, 2.45) is 5.92 Å². The molecule has 0 spiro atoms. The summed E-state index contributed by atoms with van der Waals surface area (Å²) in [7, 11) is 0. The predicted octanol–water partition coefficient (Wildman–Crippen LogP) is 3.16. The number of aliphatic hydroxyl groups is 1. The average molecular weight is 296 g/mol. The topological polar surface area (TPSA) is 67.5 Å². The lowest BCUT2D eigenvalue weighted by atomic mass is 9.86. The Morgan fingerprint density at radius 1 is 1.38 bits per heavy atom. The second-order valence-electron chi connectivity index (χ2n) is 6.03. The lowest BCUT2D eigenvalue weighted by molar-refractivity contribution is 0.0763. The Balaban J connectivity index is 2.04. The van der Waals surface area contributed by atoms with Crippen LogP contribution in [0.5, 0.6) is 5.75 Å². The lowest BCUT2D eigenvalue weighted by Crippen LogP contribution is -2.30. The lowest BCUT2D eigenvalue weighted by Gasteiger charge is -2.28. The molecule has 1 aromatic rings. The number of benzene rings is 1. The van der Waals surface area contributed by atoms with Crippen molar-refractivity contribution in [1.29, 1.82) is 0 Å². The Morgan fingerprint density at radius 2 is 2.10 bits per heavy atom. The Morgan fingerprint density at radius 3 is 2.76 bits per heavy atom. The van der Waals surface area contributed by atoms with Gasteiger partial charge in [0, 0.05) is 24.6 Å². The van der Waals surface area contributed by atoms with Crippen LogP contribution in [-0.4, -0.2) is 23.9 Å². The third-order valence-corrected chi connectivity index (χ3v) is 3.89. The number of aliphatic hydroxyl groups excluding tert-OH is 1. The van der Waals surface area contributed by atoms with Crippen molar-refractivity contribution in [3.05, 3.63) is 17.9 Å². The number of halogens is 1. The van der Waals surface area contributed by atoms with E-state index in [0.717, 1.165) is 25.7 Å². The molecule has 0 saturated heterocycles. The summed E-state index contributed by atoms with van der Waals surface area (Å²) in [6.07, 6.45) is 3.72. The first kappa shape index (κ1) is 15.9. The molecule has 0 heterocycles. The maximum atomic E-state index is 13.8. The molecule has 1 fully saturated rings. The third-order valence-electron chi connectivity index (χ3n) is 3.89. The molecule has 1 saturated carbocycles. The first-order valence-electron chi connectivity index (χ1n) is 7.65. The van der Waals surface area contributed by atoms with Crippen molar-refractivity contribution in [3.63, 3.8) is 0 Å². The van der Waals surface area contributed by atoms with Crippen LogP contribution < -0.4 is 15.8 Å². The van der Waals surface area contributed by atoms with Crippen LogP contribution in [0.25, 0.3) is 0 Å². The summed E-state index contributed by atoms with van der Waals surface area (Å²) in [5.41, 5.74) is 6.86. The summed E-state index contributed by atoms with van der Waals surface area (Å²) in [5, 5.41) is 13.2. The van der Waals surface area contributed by atoms with Crippen molar-refractivity contribution >= 4 is 11.4 Å². The fourth-order valence-electron chi connectivity index (χ4n) is 2.73. The van der Waals surface area contributed by atoms with Crippen molar-refractivity contribution in [2.45, 2.75) is 51.7 Å². The van der Waals surface area contributed by atoms with Gasteiger partial charge in [-0.15, -0.1) is 0 Å². The number of anilines is 2. The van der Waals surface area contributed by atoms with Crippen LogP contribution in [0.3, 0.4) is 0 Å². The maximum Gasteiger partial charge on any atom is 0.167 e. The van der Waals surface area contributed by atoms with Gasteiger partial charge in [-0.25, -0.2) is 4.39 Å². The quantitative estimate of drug-likeness (QED) is 0.730. The zero-order valence-electron chi connectivity index (χ0n) is 12.7. The number of hydrogen-bond donors (Lipinski definition) is 3. The van der Waals surface area contributed by atoms with E-state index >= 15 is 0 Å². The minimum absolute atomic E-state index is 0.101. The molecule has 0 radical (unpaired) electrons. The van der Waals surface area contributed by atoms with E-state index in [9.17, 15) is 9.50 Å². The van der Waals surface area contributed by atoms with Crippen LogP contribution in [-0.2, 0) is 0 Å². The van der Waals surface area contributed by atoms with Gasteiger partial charge in [0.2, 0.25) is 0 Å². The fourth-order valence-corrected chi connectivity index (χ4v) is 2.73. The van der Waals surface area contributed by atoms with Gasteiger partial charge in [-0.1, -0.05) is 12.8 Å². The molecule has 4 nitrogen and oxygen atoms in total. The number of nitrogens with two attached hydrogens (primary N) is 1. The molecule has 4 N–H and O–H groups in total. The molecule has 2 unspecified atom stereocenters. The number of rotatable bonds is 5. The Kier molecular flexibility index (Phi) is 5.28. The minimum Gasteiger partial charge on any atom is -0.488 e. The molecular formula is C16H25FN2O2. The molecule has 5 heteroatoms. The Labute approximate surface area is 125 Å². The average Bonchev–Trinajstić information content (AvgIpc) is 2.41. The molecule has 0 aliphatic heterocycles. The molecular weight excluding hydrogens is 271 g/mol. The fraction of sp³-hybridized carbons (Fsp3) is 0.625. The zero-order chi connectivity index (χ0) is 15.4. The summed E-state index contributed by atoms with van der Waals surface area (Å²) in [6, 6.07) is 2.87. The van der Waals surface area contributed by atoms with Gasteiger partial charge in [0.05, 0.1) is 23.6 Å². The highest BCUT2D eigenvalue weighted by Gasteiger charge is 2.23. The molecule has 0 amide bonds. The van der Waals surface area contributed by atoms with E-state index in [-0.39, 0.29) is 23.9 Å². The normalized spacial score (nSPS) is 22.3. The van der Waals surface area contributed by atoms with Gasteiger partial charge >= 0.3 is 0 Å². The third kappa shape index (κ3) is 4.24. The second kappa shape index (κ2) is 6.98. The van der Waals surface area contributed by atoms with Gasteiger partial charge in [-0.2, -0.15) is 0 Å². The first-order chi connectivity index (χ1) is 9.97. The summed E-state index contributed by atoms with van der Waals surface area (Å²) in [6.45, 7) is 4.33. The standard InChI is InChI=1S/C16H25FN2O2/c1-10(2)21-16-8-14(13(18)7-12(16)17)19-9-11-5-3-4-6-15(11)20/h7-8,10-11,15,19-20H,3-6,9,18H2,1-2H3. The van der Waals surface area contributed by atoms with E-state index in [1.807, 2.05) is 13.8 Å². The summed E-state index contributed by atoms with van der Waals surface area (Å²) in [5.74, 6) is -0.0342. The summed E-state index contributed by atoms with van der Waals surface area (Å²) < 4.78 is 19.2. The van der Waals surface area contributed by atoms with E-state index in [4.69, 9.17) is 10.5 Å². The van der Waals surface area contributed by atoms with Crippen LogP contribution in [0, 0.1) is 11.7 Å². The molecule has 118 valence electrons. The van der Waals surface area contributed by atoms with E-state index in [1.54, 1.807) is 6.07 Å². The van der Waals surface area contributed by atoms with Crippen LogP contribution >= 0.6 is 0 Å². The Bertz CT molecular complexity index is 480. The van der Waals surface area contributed by atoms with E-state index < -0.39 is 5.82 Å². The molecule has 1 aliphatic carbocycles. The summed E-state index contributed by atoms with van der Waals surface area (Å²) >= 11 is 0. The maximum absolute atomic E-state index is 13.8. The molecule has 21 heavy (non-hydrogen) atoms. The van der Waals surface area contributed by atoms with Gasteiger partial charge in [0.1, 0.15) is 0 Å². The van der Waals surface area contributed by atoms with Crippen molar-refractivity contribution in [3.8, 4) is 5.75 Å². The van der Waals surface area contributed by atoms with Gasteiger partial charge in [-0.05, 0) is 26.7 Å². The highest BCUT2D eigenvalue weighted by Crippen LogP contribution is 2.30. The minimum atomic E-state index is -0.454. The smallest absolute Gasteiger partial charge is 0.167 e. The number of hydrogen-bond acceptors (Lipinski definition) is 4. The van der Waals surface area contributed by atoms with Gasteiger partial charge < -0.3 is 20.9 Å². The van der Waals surface area contributed by atoms with Crippen LogP contribution in [0.1, 0.15) is 39.5 Å². The molecule has 0 aromatic heterocycles. The van der Waals surface area contributed by atoms with E-state index in [0.29, 0.717) is 17.9 Å². The van der Waals surface area contributed by atoms with Crippen LogP contribution in [0.15, 0.2) is 12.1 Å². The van der Waals surface area contributed by atoms with Gasteiger partial charge in [0.15, 0.2) is 11.6 Å². The Hall–Kier alpha value is -1.49. The van der Waals surface area contributed by atoms with Crippen LogP contribution in [0.2, 0.25) is 0 Å².